The standard InChI is InChI=1S/C9H10BrN3S2/c1-2-3-11-9(14)13-12-5-8-4-7(10)6-15-8/h2,4-6H,1,3H2,(H2,11,13,14)/b12-5-. The molecule has 0 saturated heterocycles. The van der Waals surface area contributed by atoms with Crippen molar-refractivity contribution in [2.24, 2.45) is 5.10 Å². The van der Waals surface area contributed by atoms with Gasteiger partial charge in [-0.25, -0.2) is 0 Å². The van der Waals surface area contributed by atoms with Crippen molar-refractivity contribution in [1.82, 2.24) is 10.7 Å². The number of thiocarbonyl (C=S) groups is 1. The molecular formula is C9H10BrN3S2. The van der Waals surface area contributed by atoms with Crippen LogP contribution < -0.4 is 10.7 Å². The maximum atomic E-state index is 4.95. The highest BCUT2D eigenvalue weighted by Crippen LogP contribution is 2.17. The molecule has 0 aromatic carbocycles. The third kappa shape index (κ3) is 5.06. The van der Waals surface area contributed by atoms with E-state index in [0.29, 0.717) is 11.7 Å². The van der Waals surface area contributed by atoms with Gasteiger partial charge in [0.25, 0.3) is 0 Å². The van der Waals surface area contributed by atoms with Gasteiger partial charge in [-0.3, -0.25) is 5.43 Å². The van der Waals surface area contributed by atoms with Crippen molar-refractivity contribution in [3.63, 3.8) is 0 Å². The highest BCUT2D eigenvalue weighted by atomic mass is 79.9. The molecule has 6 heteroatoms. The Hall–Kier alpha value is -0.720. The highest BCUT2D eigenvalue weighted by Gasteiger charge is 1.93. The lowest BCUT2D eigenvalue weighted by atomic mass is 10.5. The van der Waals surface area contributed by atoms with E-state index >= 15 is 0 Å². The molecule has 0 aliphatic carbocycles. The molecule has 0 amide bonds. The molecule has 1 aromatic heterocycles. The summed E-state index contributed by atoms with van der Waals surface area (Å²) in [7, 11) is 0. The summed E-state index contributed by atoms with van der Waals surface area (Å²) >= 11 is 9.92. The van der Waals surface area contributed by atoms with Crippen molar-refractivity contribution in [3.8, 4) is 0 Å². The van der Waals surface area contributed by atoms with Crippen molar-refractivity contribution in [3.05, 3.63) is 33.5 Å². The highest BCUT2D eigenvalue weighted by molar-refractivity contribution is 9.10. The molecule has 0 aliphatic rings. The molecule has 0 atom stereocenters. The van der Waals surface area contributed by atoms with Crippen LogP contribution in [0, 0.1) is 0 Å². The molecule has 15 heavy (non-hydrogen) atoms. The average molecular weight is 304 g/mol. The Bertz CT molecular complexity index is 373. The van der Waals surface area contributed by atoms with Gasteiger partial charge in [0, 0.05) is 21.3 Å². The van der Waals surface area contributed by atoms with Crippen LogP contribution in [0.1, 0.15) is 4.88 Å². The first-order chi connectivity index (χ1) is 7.22. The summed E-state index contributed by atoms with van der Waals surface area (Å²) in [5.41, 5.74) is 2.71. The lowest BCUT2D eigenvalue weighted by molar-refractivity contribution is 0.942. The minimum absolute atomic E-state index is 0.488. The fourth-order valence-corrected chi connectivity index (χ4v) is 2.19. The summed E-state index contributed by atoms with van der Waals surface area (Å²) in [6.07, 6.45) is 3.45. The molecule has 0 aliphatic heterocycles. The van der Waals surface area contributed by atoms with Gasteiger partial charge < -0.3 is 5.32 Å². The molecule has 80 valence electrons. The summed E-state index contributed by atoms with van der Waals surface area (Å²) in [6.45, 7) is 4.20. The van der Waals surface area contributed by atoms with Gasteiger partial charge in [0.1, 0.15) is 0 Å². The van der Waals surface area contributed by atoms with Crippen molar-refractivity contribution in [2.45, 2.75) is 0 Å². The summed E-state index contributed by atoms with van der Waals surface area (Å²) in [4.78, 5) is 1.06. The maximum Gasteiger partial charge on any atom is 0.187 e. The number of nitrogens with zero attached hydrogens (tertiary/aromatic N) is 1. The molecule has 1 rings (SSSR count). The van der Waals surface area contributed by atoms with Crippen LogP contribution in [0.4, 0.5) is 0 Å². The third-order valence-corrected chi connectivity index (χ3v) is 3.22. The zero-order chi connectivity index (χ0) is 11.1. The summed E-state index contributed by atoms with van der Waals surface area (Å²) < 4.78 is 1.06. The number of halogens is 1. The Morgan fingerprint density at radius 3 is 3.13 bits per heavy atom. The van der Waals surface area contributed by atoms with E-state index in [4.69, 9.17) is 12.2 Å². The largest absolute Gasteiger partial charge is 0.358 e. The molecular weight excluding hydrogens is 294 g/mol. The van der Waals surface area contributed by atoms with E-state index in [9.17, 15) is 0 Å². The van der Waals surface area contributed by atoms with Crippen LogP contribution in [-0.4, -0.2) is 17.9 Å². The van der Waals surface area contributed by atoms with E-state index in [-0.39, 0.29) is 0 Å². The zero-order valence-corrected chi connectivity index (χ0v) is 11.1. The lowest BCUT2D eigenvalue weighted by Gasteiger charge is -2.02. The monoisotopic (exact) mass is 303 g/mol. The van der Waals surface area contributed by atoms with E-state index < -0.39 is 0 Å². The van der Waals surface area contributed by atoms with Crippen molar-refractivity contribution in [1.29, 1.82) is 0 Å². The fourth-order valence-electron chi connectivity index (χ4n) is 0.755. The van der Waals surface area contributed by atoms with E-state index in [1.165, 1.54) is 0 Å². The molecule has 1 aromatic rings. The summed E-state index contributed by atoms with van der Waals surface area (Å²) in [5, 5.41) is 9.37. The van der Waals surface area contributed by atoms with E-state index in [1.807, 2.05) is 11.4 Å². The number of hydrogen-bond donors (Lipinski definition) is 2. The van der Waals surface area contributed by atoms with Gasteiger partial charge in [-0.2, -0.15) is 5.10 Å². The topological polar surface area (TPSA) is 36.4 Å². The van der Waals surface area contributed by atoms with Gasteiger partial charge >= 0.3 is 0 Å². The first kappa shape index (κ1) is 12.4. The smallest absolute Gasteiger partial charge is 0.187 e. The van der Waals surface area contributed by atoms with Gasteiger partial charge in [0.15, 0.2) is 5.11 Å². The summed E-state index contributed by atoms with van der Waals surface area (Å²) in [6, 6.07) is 1.98. The van der Waals surface area contributed by atoms with Crippen LogP contribution in [0.3, 0.4) is 0 Å². The van der Waals surface area contributed by atoms with Gasteiger partial charge in [0.05, 0.1) is 6.21 Å². The van der Waals surface area contributed by atoms with Gasteiger partial charge in [-0.05, 0) is 34.2 Å². The average Bonchev–Trinajstić information content (AvgIpc) is 2.61. The third-order valence-electron chi connectivity index (χ3n) is 1.35. The zero-order valence-electron chi connectivity index (χ0n) is 7.87. The number of hydrazone groups is 1. The number of nitrogens with one attached hydrogen (secondary N) is 2. The fraction of sp³-hybridized carbons (Fsp3) is 0.111. The van der Waals surface area contributed by atoms with Crippen LogP contribution in [-0.2, 0) is 0 Å². The van der Waals surface area contributed by atoms with Crippen molar-refractivity contribution >= 4 is 50.8 Å². The molecule has 0 bridgehead atoms. The molecule has 0 fully saturated rings. The minimum Gasteiger partial charge on any atom is -0.358 e. The molecule has 1 heterocycles. The first-order valence-electron chi connectivity index (χ1n) is 4.14. The predicted molar refractivity (Wildman–Crippen MR) is 73.5 cm³/mol. The Morgan fingerprint density at radius 2 is 2.53 bits per heavy atom. The van der Waals surface area contributed by atoms with E-state index in [2.05, 4.69) is 38.4 Å². The Labute approximate surface area is 106 Å². The number of hydrogen-bond acceptors (Lipinski definition) is 3. The van der Waals surface area contributed by atoms with Crippen molar-refractivity contribution in [2.75, 3.05) is 6.54 Å². The van der Waals surface area contributed by atoms with E-state index in [0.717, 1.165) is 9.35 Å². The van der Waals surface area contributed by atoms with Crippen LogP contribution in [0.25, 0.3) is 0 Å². The van der Waals surface area contributed by atoms with Crippen LogP contribution >= 0.6 is 39.5 Å². The quantitative estimate of drug-likeness (QED) is 0.388. The predicted octanol–water partition coefficient (Wildman–Crippen LogP) is 2.49. The second kappa shape index (κ2) is 6.71. The van der Waals surface area contributed by atoms with Gasteiger partial charge in [-0.15, -0.1) is 17.9 Å². The number of thiophene rings is 1. The van der Waals surface area contributed by atoms with Crippen LogP contribution in [0.2, 0.25) is 0 Å². The van der Waals surface area contributed by atoms with Crippen LogP contribution in [0.15, 0.2) is 33.7 Å². The second-order valence-corrected chi connectivity index (χ2v) is 4.80. The maximum absolute atomic E-state index is 4.95. The molecule has 2 N–H and O–H groups in total. The van der Waals surface area contributed by atoms with Crippen molar-refractivity contribution < 1.29 is 0 Å². The second-order valence-electron chi connectivity index (χ2n) is 2.54. The molecule has 0 saturated carbocycles. The van der Waals surface area contributed by atoms with Gasteiger partial charge in [-0.1, -0.05) is 6.08 Å². The Balaban J connectivity index is 2.33. The number of rotatable bonds is 4. The van der Waals surface area contributed by atoms with E-state index in [1.54, 1.807) is 23.6 Å². The first-order valence-corrected chi connectivity index (χ1v) is 6.22. The SMILES string of the molecule is C=CCNC(=S)N/N=C\c1cc(Br)cs1. The summed E-state index contributed by atoms with van der Waals surface area (Å²) in [5.74, 6) is 0. The van der Waals surface area contributed by atoms with Crippen LogP contribution in [0.5, 0.6) is 0 Å². The molecule has 0 spiro atoms. The molecule has 3 nitrogen and oxygen atoms in total. The lowest BCUT2D eigenvalue weighted by Crippen LogP contribution is -2.31. The molecule has 0 radical (unpaired) electrons. The molecule has 0 unspecified atom stereocenters. The van der Waals surface area contributed by atoms with Gasteiger partial charge in [0.2, 0.25) is 0 Å². The Morgan fingerprint density at radius 1 is 1.73 bits per heavy atom. The normalized spacial score (nSPS) is 10.2. The Kier molecular flexibility index (Phi) is 5.52. The minimum atomic E-state index is 0.488.